The molecule has 2 aromatic rings. The van der Waals surface area contributed by atoms with E-state index in [9.17, 15) is 19.5 Å². The van der Waals surface area contributed by atoms with E-state index in [2.05, 4.69) is 34.9 Å². The summed E-state index contributed by atoms with van der Waals surface area (Å²) in [7, 11) is 0. The summed E-state index contributed by atoms with van der Waals surface area (Å²) in [5, 5.41) is 14.9. The van der Waals surface area contributed by atoms with Gasteiger partial charge in [-0.05, 0) is 53.9 Å². The van der Waals surface area contributed by atoms with Crippen molar-refractivity contribution in [3.05, 3.63) is 59.7 Å². The number of carboxylic acid groups (broad SMARTS) is 1. The number of amides is 2. The Morgan fingerprint density at radius 2 is 1.58 bits per heavy atom. The fourth-order valence-corrected chi connectivity index (χ4v) is 5.18. The van der Waals surface area contributed by atoms with Gasteiger partial charge in [-0.1, -0.05) is 55.0 Å². The second kappa shape index (κ2) is 8.89. The molecule has 0 bridgehead atoms. The normalized spacial score (nSPS) is 22.2. The predicted molar refractivity (Wildman–Crippen MR) is 122 cm³/mol. The van der Waals surface area contributed by atoms with E-state index >= 15 is 0 Å². The second-order valence-corrected chi connectivity index (χ2v) is 9.35. The summed E-state index contributed by atoms with van der Waals surface area (Å²) >= 11 is 0. The summed E-state index contributed by atoms with van der Waals surface area (Å²) in [4.78, 5) is 36.3. The van der Waals surface area contributed by atoms with Crippen molar-refractivity contribution in [1.82, 2.24) is 10.6 Å². The van der Waals surface area contributed by atoms with E-state index in [1.807, 2.05) is 24.3 Å². The van der Waals surface area contributed by atoms with Crippen LogP contribution in [0.4, 0.5) is 4.79 Å². The molecule has 2 saturated carbocycles. The quantitative estimate of drug-likeness (QED) is 0.599. The van der Waals surface area contributed by atoms with E-state index in [0.29, 0.717) is 12.8 Å². The van der Waals surface area contributed by atoms with Crippen LogP contribution in [0, 0.1) is 11.8 Å². The zero-order valence-corrected chi connectivity index (χ0v) is 18.3. The van der Waals surface area contributed by atoms with Gasteiger partial charge in [0.15, 0.2) is 0 Å². The molecule has 7 nitrogen and oxygen atoms in total. The molecule has 7 heteroatoms. The third-order valence-corrected chi connectivity index (χ3v) is 7.36. The second-order valence-electron chi connectivity index (χ2n) is 9.35. The number of benzene rings is 2. The Morgan fingerprint density at radius 3 is 2.12 bits per heavy atom. The fourth-order valence-electron chi connectivity index (χ4n) is 5.18. The number of carbonyl (C=O) groups is 3. The lowest BCUT2D eigenvalue weighted by molar-refractivity contribution is -0.145. The molecule has 0 heterocycles. The smallest absolute Gasteiger partial charge is 0.407 e. The summed E-state index contributed by atoms with van der Waals surface area (Å²) in [5.41, 5.74) is 4.67. The van der Waals surface area contributed by atoms with Crippen LogP contribution in [0.15, 0.2) is 48.5 Å². The van der Waals surface area contributed by atoms with E-state index in [1.54, 1.807) is 0 Å². The molecule has 1 unspecified atom stereocenters. The van der Waals surface area contributed by atoms with Crippen LogP contribution in [0.3, 0.4) is 0 Å². The van der Waals surface area contributed by atoms with Crippen molar-refractivity contribution in [2.75, 3.05) is 6.61 Å². The molecule has 0 aliphatic heterocycles. The number of alkyl carbamates (subject to hydrolysis) is 1. The van der Waals surface area contributed by atoms with Crippen molar-refractivity contribution in [2.24, 2.45) is 11.8 Å². The molecule has 172 valence electrons. The third kappa shape index (κ3) is 4.19. The Balaban J connectivity index is 1.10. The third-order valence-electron chi connectivity index (χ3n) is 7.36. The van der Waals surface area contributed by atoms with Gasteiger partial charge < -0.3 is 20.5 Å². The van der Waals surface area contributed by atoms with Crippen LogP contribution in [-0.2, 0) is 14.3 Å². The summed E-state index contributed by atoms with van der Waals surface area (Å²) in [5.74, 6) is -1.45. The lowest BCUT2D eigenvalue weighted by Crippen LogP contribution is -2.54. The summed E-state index contributed by atoms with van der Waals surface area (Å²) in [6.07, 6.45) is 3.19. The highest BCUT2D eigenvalue weighted by molar-refractivity contribution is 5.86. The van der Waals surface area contributed by atoms with Gasteiger partial charge in [0.25, 0.3) is 0 Å². The number of ether oxygens (including phenoxy) is 1. The molecule has 5 rings (SSSR count). The first kappa shape index (κ1) is 21.5. The van der Waals surface area contributed by atoms with Crippen molar-refractivity contribution < 1.29 is 24.2 Å². The topological polar surface area (TPSA) is 105 Å². The van der Waals surface area contributed by atoms with Crippen LogP contribution in [0.2, 0.25) is 0 Å². The first-order valence-corrected chi connectivity index (χ1v) is 11.7. The number of carbonyl (C=O) groups excluding carboxylic acids is 2. The van der Waals surface area contributed by atoms with Crippen LogP contribution in [0.5, 0.6) is 0 Å². The number of fused-ring (bicyclic) bond motifs is 3. The van der Waals surface area contributed by atoms with Gasteiger partial charge in [-0.25, -0.2) is 9.59 Å². The van der Waals surface area contributed by atoms with Crippen molar-refractivity contribution in [3.63, 3.8) is 0 Å². The summed E-state index contributed by atoms with van der Waals surface area (Å²) in [6.45, 7) is 0.248. The molecule has 3 N–H and O–H groups in total. The van der Waals surface area contributed by atoms with Gasteiger partial charge in [-0.3, -0.25) is 4.79 Å². The van der Waals surface area contributed by atoms with Gasteiger partial charge in [-0.2, -0.15) is 0 Å². The lowest BCUT2D eigenvalue weighted by atomic mass is 9.77. The standard InChI is InChI=1S/C26H28N2O5/c29-24(28-23(25(30)31)15-6-5-7-15)16-12-17(13-16)27-26(32)33-14-22-20-10-3-1-8-18(20)19-9-2-4-11-21(19)22/h1-4,8-11,15-17,22-23H,5-7,12-14H2,(H,27,32)(H,28,29)(H,30,31). The zero-order valence-electron chi connectivity index (χ0n) is 18.3. The molecule has 3 aliphatic carbocycles. The molecular weight excluding hydrogens is 420 g/mol. The van der Waals surface area contributed by atoms with Crippen LogP contribution >= 0.6 is 0 Å². The van der Waals surface area contributed by atoms with Gasteiger partial charge in [0, 0.05) is 17.9 Å². The molecule has 2 amide bonds. The minimum Gasteiger partial charge on any atom is -0.480 e. The fraction of sp³-hybridized carbons (Fsp3) is 0.423. The maximum Gasteiger partial charge on any atom is 0.407 e. The SMILES string of the molecule is O=C(NC1CC(C(=O)NC(C(=O)O)C2CCC2)C1)OCC1c2ccccc2-c2ccccc21. The Morgan fingerprint density at radius 1 is 0.970 bits per heavy atom. The number of rotatable bonds is 7. The Kier molecular flexibility index (Phi) is 5.79. The van der Waals surface area contributed by atoms with Crippen molar-refractivity contribution in [1.29, 1.82) is 0 Å². The number of aliphatic carboxylic acids is 1. The van der Waals surface area contributed by atoms with Crippen LogP contribution in [0.1, 0.15) is 49.1 Å². The minimum atomic E-state index is -0.972. The number of carboxylic acids is 1. The van der Waals surface area contributed by atoms with Gasteiger partial charge in [0.1, 0.15) is 12.6 Å². The first-order chi connectivity index (χ1) is 16.0. The van der Waals surface area contributed by atoms with Crippen LogP contribution in [-0.4, -0.2) is 41.8 Å². The molecular formula is C26H28N2O5. The monoisotopic (exact) mass is 448 g/mol. The molecule has 2 aromatic carbocycles. The largest absolute Gasteiger partial charge is 0.480 e. The molecule has 0 radical (unpaired) electrons. The van der Waals surface area contributed by atoms with Crippen molar-refractivity contribution in [3.8, 4) is 11.1 Å². The van der Waals surface area contributed by atoms with Crippen LogP contribution in [0.25, 0.3) is 11.1 Å². The average Bonchev–Trinajstić information content (AvgIpc) is 3.06. The Hall–Kier alpha value is -3.35. The van der Waals surface area contributed by atoms with Gasteiger partial charge in [0.05, 0.1) is 0 Å². The molecule has 2 fully saturated rings. The maximum atomic E-state index is 12.4. The van der Waals surface area contributed by atoms with Crippen molar-refractivity contribution >= 4 is 18.0 Å². The van der Waals surface area contributed by atoms with E-state index in [1.165, 1.54) is 11.1 Å². The summed E-state index contributed by atoms with van der Waals surface area (Å²) < 4.78 is 5.56. The van der Waals surface area contributed by atoms with Gasteiger partial charge in [0.2, 0.25) is 5.91 Å². The number of hydrogen-bond acceptors (Lipinski definition) is 4. The highest BCUT2D eigenvalue weighted by Crippen LogP contribution is 2.44. The van der Waals surface area contributed by atoms with Gasteiger partial charge >= 0.3 is 12.1 Å². The van der Waals surface area contributed by atoms with E-state index in [-0.39, 0.29) is 36.3 Å². The minimum absolute atomic E-state index is 0.00234. The summed E-state index contributed by atoms with van der Waals surface area (Å²) in [6, 6.07) is 15.4. The van der Waals surface area contributed by atoms with Crippen molar-refractivity contribution in [2.45, 2.75) is 50.1 Å². The van der Waals surface area contributed by atoms with Crippen LogP contribution < -0.4 is 10.6 Å². The average molecular weight is 449 g/mol. The number of hydrogen-bond donors (Lipinski definition) is 3. The Labute approximate surface area is 192 Å². The molecule has 33 heavy (non-hydrogen) atoms. The van der Waals surface area contributed by atoms with E-state index in [4.69, 9.17) is 4.74 Å². The lowest BCUT2D eigenvalue weighted by Gasteiger charge is -2.37. The molecule has 1 atom stereocenters. The van der Waals surface area contributed by atoms with E-state index < -0.39 is 18.1 Å². The first-order valence-electron chi connectivity index (χ1n) is 11.7. The molecule has 0 saturated heterocycles. The Bertz CT molecular complexity index is 1030. The molecule has 0 spiro atoms. The van der Waals surface area contributed by atoms with Gasteiger partial charge in [-0.15, -0.1) is 0 Å². The maximum absolute atomic E-state index is 12.4. The highest BCUT2D eigenvalue weighted by atomic mass is 16.5. The predicted octanol–water partition coefficient (Wildman–Crippen LogP) is 3.67. The van der Waals surface area contributed by atoms with E-state index in [0.717, 1.165) is 30.4 Å². The highest BCUT2D eigenvalue weighted by Gasteiger charge is 2.40. The molecule has 0 aromatic heterocycles. The molecule has 3 aliphatic rings. The number of nitrogens with one attached hydrogen (secondary N) is 2. The zero-order chi connectivity index (χ0) is 22.9.